The van der Waals surface area contributed by atoms with Gasteiger partial charge in [-0.2, -0.15) is 0 Å². The highest BCUT2D eigenvalue weighted by molar-refractivity contribution is 5.97. The Morgan fingerprint density at radius 2 is 2.23 bits per heavy atom. The summed E-state index contributed by atoms with van der Waals surface area (Å²) in [4.78, 5) is 7.86. The molecule has 1 aromatic heterocycles. The summed E-state index contributed by atoms with van der Waals surface area (Å²) in [6, 6.07) is 1.80. The molecule has 7 heteroatoms. The van der Waals surface area contributed by atoms with E-state index >= 15 is 0 Å². The van der Waals surface area contributed by atoms with Crippen LogP contribution >= 0.6 is 0 Å². The van der Waals surface area contributed by atoms with Crippen molar-refractivity contribution in [3.63, 3.8) is 0 Å². The average Bonchev–Trinajstić information content (AvgIpc) is 2.56. The predicted molar refractivity (Wildman–Crippen MR) is 83.1 cm³/mol. The zero-order chi connectivity index (χ0) is 16.0. The van der Waals surface area contributed by atoms with Gasteiger partial charge < -0.3 is 14.2 Å². The lowest BCUT2D eigenvalue weighted by Gasteiger charge is -2.05. The van der Waals surface area contributed by atoms with Gasteiger partial charge in [0.2, 0.25) is 0 Å². The first-order valence-electron chi connectivity index (χ1n) is 6.42. The molecule has 0 bridgehead atoms. The minimum atomic E-state index is 0.0509. The summed E-state index contributed by atoms with van der Waals surface area (Å²) in [7, 11) is 0. The summed E-state index contributed by atoms with van der Waals surface area (Å²) in [5, 5.41) is 7.19. The Bertz CT molecular complexity index is 555. The van der Waals surface area contributed by atoms with Crippen molar-refractivity contribution in [1.29, 1.82) is 5.41 Å². The number of allylic oxidation sites excluding steroid dienone is 1. The molecule has 0 saturated heterocycles. The van der Waals surface area contributed by atoms with Gasteiger partial charge in [-0.15, -0.1) is 0 Å². The summed E-state index contributed by atoms with van der Waals surface area (Å²) in [5.74, 6) is 0.798. The van der Waals surface area contributed by atoms with Gasteiger partial charge in [-0.3, -0.25) is 5.41 Å². The van der Waals surface area contributed by atoms with Crippen molar-refractivity contribution in [2.75, 3.05) is 13.6 Å². The Hall–Kier alpha value is -2.64. The summed E-state index contributed by atoms with van der Waals surface area (Å²) in [6.07, 6.45) is 10.9. The van der Waals surface area contributed by atoms with Gasteiger partial charge in [-0.25, -0.2) is 9.56 Å². The highest BCUT2D eigenvalue weighted by Gasteiger charge is 2.05. The largest absolute Gasteiger partial charge is 0.475 e. The van der Waals surface area contributed by atoms with E-state index in [-0.39, 0.29) is 19.4 Å². The van der Waals surface area contributed by atoms with E-state index in [0.717, 1.165) is 0 Å². The van der Waals surface area contributed by atoms with Gasteiger partial charge in [0.15, 0.2) is 20.3 Å². The molecule has 0 spiro atoms. The van der Waals surface area contributed by atoms with Crippen molar-refractivity contribution in [2.45, 2.75) is 6.73 Å². The lowest BCUT2D eigenvalue weighted by atomic mass is 10.5. The number of aromatic nitrogens is 2. The summed E-state index contributed by atoms with van der Waals surface area (Å²) < 4.78 is 17.3. The van der Waals surface area contributed by atoms with Crippen molar-refractivity contribution >= 4 is 18.1 Å². The van der Waals surface area contributed by atoms with Gasteiger partial charge in [0.1, 0.15) is 12.0 Å². The molecular formula is C15H19N4O3+. The maximum Gasteiger partial charge on any atom is 0.324 e. The number of aliphatic imine (C=N–C) groups is 1. The Kier molecular flexibility index (Phi) is 8.76. The molecule has 22 heavy (non-hydrogen) atoms. The molecule has 1 N–H and O–H groups in total. The Morgan fingerprint density at radius 1 is 1.36 bits per heavy atom. The van der Waals surface area contributed by atoms with E-state index in [2.05, 4.69) is 23.1 Å². The molecule has 1 rings (SSSR count). The monoisotopic (exact) mass is 303 g/mol. The van der Waals surface area contributed by atoms with Gasteiger partial charge in [0, 0.05) is 18.4 Å². The molecular weight excluding hydrogens is 284 g/mol. The summed E-state index contributed by atoms with van der Waals surface area (Å²) in [5.41, 5.74) is 0. The Labute approximate surface area is 129 Å². The fraction of sp³-hybridized carbons (Fsp3) is 0.200. The van der Waals surface area contributed by atoms with Crippen LogP contribution in [0.1, 0.15) is 5.82 Å². The molecule has 0 unspecified atom stereocenters. The molecule has 116 valence electrons. The number of hydrogen-bond acceptors (Lipinski definition) is 5. The Morgan fingerprint density at radius 3 is 3.00 bits per heavy atom. The van der Waals surface area contributed by atoms with Gasteiger partial charge in [-0.1, -0.05) is 13.2 Å². The van der Waals surface area contributed by atoms with Crippen LogP contribution in [0, 0.1) is 5.41 Å². The highest BCUT2D eigenvalue weighted by atomic mass is 16.7. The van der Waals surface area contributed by atoms with Crippen molar-refractivity contribution < 1.29 is 18.8 Å². The second kappa shape index (κ2) is 11.1. The molecule has 7 nitrogen and oxygen atoms in total. The number of nitrogens with zero attached hydrogens (tertiary/aromatic N) is 3. The van der Waals surface area contributed by atoms with Crippen LogP contribution in [-0.2, 0) is 20.9 Å². The molecule has 0 aliphatic rings. The number of nitrogens with one attached hydrogen (secondary N) is 1. The average molecular weight is 303 g/mol. The standard InChI is InChI=1S/C15H19N4O3/c1-3-14(16)17-8-6-10-20-12-22-13-21-11-19-9-5-7-18-15(19)4-2/h3-10,16H,1-2,11-13H2/q+1/b10-6-,16-14?,17-8?. The van der Waals surface area contributed by atoms with E-state index < -0.39 is 0 Å². The van der Waals surface area contributed by atoms with Gasteiger partial charge in [0.25, 0.3) is 0 Å². The van der Waals surface area contributed by atoms with Gasteiger partial charge in [-0.05, 0) is 17.1 Å². The maximum absolute atomic E-state index is 7.19. The van der Waals surface area contributed by atoms with Crippen LogP contribution in [0.2, 0.25) is 0 Å². The fourth-order valence-corrected chi connectivity index (χ4v) is 1.27. The quantitative estimate of drug-likeness (QED) is 0.178. The van der Waals surface area contributed by atoms with Crippen LogP contribution in [0.4, 0.5) is 0 Å². The van der Waals surface area contributed by atoms with E-state index in [1.807, 2.05) is 6.20 Å². The molecule has 0 atom stereocenters. The topological polar surface area (TPSA) is 80.7 Å². The van der Waals surface area contributed by atoms with Crippen LogP contribution in [-0.4, -0.2) is 30.6 Å². The van der Waals surface area contributed by atoms with Gasteiger partial charge >= 0.3 is 5.82 Å². The first kappa shape index (κ1) is 17.4. The molecule has 0 aromatic carbocycles. The van der Waals surface area contributed by atoms with E-state index in [0.29, 0.717) is 12.6 Å². The van der Waals surface area contributed by atoms with Crippen molar-refractivity contribution in [2.24, 2.45) is 4.99 Å². The van der Waals surface area contributed by atoms with Crippen molar-refractivity contribution in [3.05, 3.63) is 55.9 Å². The third-order valence-corrected chi connectivity index (χ3v) is 2.25. The smallest absolute Gasteiger partial charge is 0.324 e. The molecule has 0 saturated carbocycles. The van der Waals surface area contributed by atoms with Crippen LogP contribution in [0.15, 0.2) is 55.0 Å². The zero-order valence-corrected chi connectivity index (χ0v) is 12.2. The molecule has 0 aliphatic carbocycles. The number of rotatable bonds is 10. The second-order valence-corrected chi connectivity index (χ2v) is 3.79. The minimum Gasteiger partial charge on any atom is -0.475 e. The number of ether oxygens (including phenoxy) is 3. The molecule has 1 heterocycles. The molecule has 0 fully saturated rings. The highest BCUT2D eigenvalue weighted by Crippen LogP contribution is 1.88. The number of hydrogen-bond donors (Lipinski definition) is 1. The lowest BCUT2D eigenvalue weighted by molar-refractivity contribution is -0.738. The second-order valence-electron chi connectivity index (χ2n) is 3.79. The van der Waals surface area contributed by atoms with E-state index in [1.165, 1.54) is 18.6 Å². The minimum absolute atomic E-state index is 0.0509. The molecule has 0 radical (unpaired) electrons. The van der Waals surface area contributed by atoms with Crippen LogP contribution in [0.25, 0.3) is 6.08 Å². The first-order valence-corrected chi connectivity index (χ1v) is 6.42. The Balaban J connectivity index is 2.10. The lowest BCUT2D eigenvalue weighted by Crippen LogP contribution is -2.39. The van der Waals surface area contributed by atoms with Gasteiger partial charge in [0.05, 0.1) is 12.5 Å². The van der Waals surface area contributed by atoms with E-state index in [4.69, 9.17) is 19.6 Å². The summed E-state index contributed by atoms with van der Waals surface area (Å²) >= 11 is 0. The normalized spacial score (nSPS) is 10.9. The van der Waals surface area contributed by atoms with Crippen LogP contribution in [0.3, 0.4) is 0 Å². The molecule has 0 amide bonds. The fourth-order valence-electron chi connectivity index (χ4n) is 1.27. The first-order chi connectivity index (χ1) is 10.8. The molecule has 1 aromatic rings. The maximum atomic E-state index is 7.19. The summed E-state index contributed by atoms with van der Waals surface area (Å²) in [6.45, 7) is 7.53. The van der Waals surface area contributed by atoms with Crippen molar-refractivity contribution in [1.82, 2.24) is 4.98 Å². The van der Waals surface area contributed by atoms with Crippen LogP contribution < -0.4 is 4.57 Å². The number of amidine groups is 1. The molecule has 0 aliphatic heterocycles. The van der Waals surface area contributed by atoms with E-state index in [1.54, 1.807) is 29.0 Å². The third-order valence-electron chi connectivity index (χ3n) is 2.25. The third kappa shape index (κ3) is 7.22. The zero-order valence-electron chi connectivity index (χ0n) is 12.2. The SMILES string of the molecule is C=CC(=N)N=C/C=C\OCOCOC[n+]1cccnc1C=C. The predicted octanol–water partition coefficient (Wildman–Crippen LogP) is 1.68. The van der Waals surface area contributed by atoms with Crippen molar-refractivity contribution in [3.8, 4) is 0 Å². The van der Waals surface area contributed by atoms with Crippen LogP contribution in [0.5, 0.6) is 0 Å². The van der Waals surface area contributed by atoms with E-state index in [9.17, 15) is 0 Å².